The molecular formula is C29H44N8O3S. The molecule has 2 N–H and O–H groups in total. The molecule has 2 aliphatic heterocycles. The van der Waals surface area contributed by atoms with Gasteiger partial charge in [-0.1, -0.05) is 18.7 Å². The number of amides is 3. The largest absolute Gasteiger partial charge is 0.383 e. The van der Waals surface area contributed by atoms with Crippen molar-refractivity contribution in [2.45, 2.75) is 25.0 Å². The Morgan fingerprint density at radius 2 is 1.71 bits per heavy atom. The number of carbonyl (C=O) groups excluding carboxylic acids is 3. The summed E-state index contributed by atoms with van der Waals surface area (Å²) >= 11 is 1.27. The van der Waals surface area contributed by atoms with Crippen LogP contribution in [0.3, 0.4) is 0 Å². The van der Waals surface area contributed by atoms with Crippen LogP contribution in [-0.4, -0.2) is 135 Å². The number of nitrogens with zero attached hydrogens (tertiary/aromatic N) is 6. The molecule has 12 heteroatoms. The Bertz CT molecular complexity index is 1130. The molecule has 0 aromatic heterocycles. The van der Waals surface area contributed by atoms with Crippen molar-refractivity contribution >= 4 is 40.9 Å². The Kier molecular flexibility index (Phi) is 12.5. The molecule has 41 heavy (non-hydrogen) atoms. The number of carbonyl (C=O) groups is 3. The minimum Gasteiger partial charge on any atom is -0.383 e. The van der Waals surface area contributed by atoms with Gasteiger partial charge in [0.25, 0.3) is 5.91 Å². The van der Waals surface area contributed by atoms with Gasteiger partial charge in [-0.15, -0.1) is 0 Å². The average molecular weight is 585 g/mol. The van der Waals surface area contributed by atoms with Crippen molar-refractivity contribution in [2.24, 2.45) is 0 Å². The predicted molar refractivity (Wildman–Crippen MR) is 164 cm³/mol. The molecule has 2 fully saturated rings. The molecule has 1 aromatic carbocycles. The van der Waals surface area contributed by atoms with Crippen LogP contribution < -0.4 is 10.6 Å². The van der Waals surface area contributed by atoms with Crippen LogP contribution in [-0.2, 0) is 14.4 Å². The maximum absolute atomic E-state index is 13.3. The van der Waals surface area contributed by atoms with Crippen LogP contribution in [0.15, 0.2) is 34.9 Å². The summed E-state index contributed by atoms with van der Waals surface area (Å²) in [6.45, 7) is 8.69. The van der Waals surface area contributed by atoms with Crippen LogP contribution >= 0.6 is 11.8 Å². The molecule has 0 radical (unpaired) electrons. The van der Waals surface area contributed by atoms with Crippen LogP contribution in [0.1, 0.15) is 19.8 Å². The van der Waals surface area contributed by atoms with Gasteiger partial charge in [0.1, 0.15) is 21.9 Å². The van der Waals surface area contributed by atoms with Gasteiger partial charge < -0.3 is 35.1 Å². The standard InChI is InChI=1S/C29H44N8O3S/c1-6-12-37-28(40)25(41-29(37)24(20-30)27(39)35(5)17-14-33(2)3)21-31-22-7-9-23(10-8-22)32-26(38)11-13-36-18-15-34(4)16-19-36/h7-10,25,31H,6,11-19,21H2,1-5H3,(H,32,38)/b29-24-. The summed E-state index contributed by atoms with van der Waals surface area (Å²) in [5, 5.41) is 16.1. The smallest absolute Gasteiger partial charge is 0.267 e. The molecule has 0 saturated carbocycles. The zero-order chi connectivity index (χ0) is 29.9. The van der Waals surface area contributed by atoms with Crippen molar-refractivity contribution in [3.05, 3.63) is 34.9 Å². The van der Waals surface area contributed by atoms with Gasteiger partial charge in [-0.25, -0.2) is 0 Å². The van der Waals surface area contributed by atoms with Gasteiger partial charge in [0.15, 0.2) is 0 Å². The van der Waals surface area contributed by atoms with Crippen molar-refractivity contribution in [3.8, 4) is 6.07 Å². The second kappa shape index (κ2) is 15.8. The topological polar surface area (TPSA) is 115 Å². The lowest BCUT2D eigenvalue weighted by atomic mass is 10.2. The molecule has 3 rings (SSSR count). The molecule has 0 bridgehead atoms. The van der Waals surface area contributed by atoms with Crippen molar-refractivity contribution in [2.75, 3.05) is 97.7 Å². The number of thioether (sulfide) groups is 1. The second-order valence-electron chi connectivity index (χ2n) is 10.8. The lowest BCUT2D eigenvalue weighted by molar-refractivity contribution is -0.127. The number of nitrogens with one attached hydrogen (secondary N) is 2. The molecule has 2 saturated heterocycles. The molecule has 11 nitrogen and oxygen atoms in total. The molecule has 3 amide bonds. The van der Waals surface area contributed by atoms with Gasteiger partial charge in [0.2, 0.25) is 11.8 Å². The highest BCUT2D eigenvalue weighted by Gasteiger charge is 2.39. The van der Waals surface area contributed by atoms with Gasteiger partial charge >= 0.3 is 0 Å². The first kappa shape index (κ1) is 32.4. The van der Waals surface area contributed by atoms with Crippen LogP contribution in [0.2, 0.25) is 0 Å². The Morgan fingerprint density at radius 1 is 1.05 bits per heavy atom. The molecule has 224 valence electrons. The van der Waals surface area contributed by atoms with E-state index in [2.05, 4.69) is 33.6 Å². The van der Waals surface area contributed by atoms with Crippen LogP contribution in [0.25, 0.3) is 0 Å². The number of likely N-dealkylation sites (N-methyl/N-ethyl adjacent to an activating group) is 3. The summed E-state index contributed by atoms with van der Waals surface area (Å²) in [6.07, 6.45) is 1.16. The van der Waals surface area contributed by atoms with Crippen LogP contribution in [0, 0.1) is 11.3 Å². The van der Waals surface area contributed by atoms with Crippen molar-refractivity contribution in [3.63, 3.8) is 0 Å². The minimum atomic E-state index is -0.464. The SMILES string of the molecule is CCCN1C(=O)C(CNc2ccc(NC(=O)CCN3CCN(C)CC3)cc2)S/C1=C(/C#N)C(=O)N(C)CCN(C)C. The first-order chi connectivity index (χ1) is 19.6. The fourth-order valence-electron chi connectivity index (χ4n) is 4.55. The van der Waals surface area contributed by atoms with Crippen LogP contribution in [0.4, 0.5) is 11.4 Å². The number of hydrogen-bond acceptors (Lipinski definition) is 9. The highest BCUT2D eigenvalue weighted by Crippen LogP contribution is 2.38. The number of anilines is 2. The van der Waals surface area contributed by atoms with E-state index in [9.17, 15) is 19.6 Å². The molecule has 0 spiro atoms. The van der Waals surface area contributed by atoms with E-state index >= 15 is 0 Å². The summed E-state index contributed by atoms with van der Waals surface area (Å²) in [6, 6.07) is 9.47. The molecular weight excluding hydrogens is 540 g/mol. The maximum atomic E-state index is 13.3. The van der Waals surface area contributed by atoms with Crippen molar-refractivity contribution in [1.82, 2.24) is 24.5 Å². The van der Waals surface area contributed by atoms with E-state index in [1.807, 2.05) is 50.2 Å². The predicted octanol–water partition coefficient (Wildman–Crippen LogP) is 1.78. The van der Waals surface area contributed by atoms with Crippen molar-refractivity contribution in [1.29, 1.82) is 5.26 Å². The van der Waals surface area contributed by atoms with E-state index in [-0.39, 0.29) is 23.3 Å². The number of rotatable bonds is 13. The quantitative estimate of drug-likeness (QED) is 0.265. The van der Waals surface area contributed by atoms with E-state index in [1.165, 1.54) is 16.7 Å². The third-order valence-corrected chi connectivity index (χ3v) is 8.47. The third-order valence-electron chi connectivity index (χ3n) is 7.17. The lowest BCUT2D eigenvalue weighted by Crippen LogP contribution is -2.45. The number of nitriles is 1. The molecule has 1 aromatic rings. The maximum Gasteiger partial charge on any atom is 0.267 e. The van der Waals surface area contributed by atoms with Crippen molar-refractivity contribution < 1.29 is 14.4 Å². The summed E-state index contributed by atoms with van der Waals surface area (Å²) in [5.41, 5.74) is 1.54. The molecule has 2 heterocycles. The normalized spacial score (nSPS) is 19.3. The monoisotopic (exact) mass is 584 g/mol. The average Bonchev–Trinajstić information content (AvgIpc) is 3.26. The fraction of sp³-hybridized carbons (Fsp3) is 0.586. The summed E-state index contributed by atoms with van der Waals surface area (Å²) in [7, 11) is 7.64. The number of benzene rings is 1. The first-order valence-electron chi connectivity index (χ1n) is 14.2. The minimum absolute atomic E-state index is 0.00766. The van der Waals surface area contributed by atoms with E-state index in [0.717, 1.165) is 44.1 Å². The first-order valence-corrected chi connectivity index (χ1v) is 15.1. The molecule has 0 aliphatic carbocycles. The zero-order valence-electron chi connectivity index (χ0n) is 25.0. The van der Waals surface area contributed by atoms with Gasteiger partial charge in [-0.2, -0.15) is 5.26 Å². The lowest BCUT2D eigenvalue weighted by Gasteiger charge is -2.32. The van der Waals surface area contributed by atoms with Crippen LogP contribution in [0.5, 0.6) is 0 Å². The third kappa shape index (κ3) is 9.46. The number of hydrogen-bond donors (Lipinski definition) is 2. The molecule has 2 aliphatic rings. The summed E-state index contributed by atoms with van der Waals surface area (Å²) in [5.74, 6) is -0.497. The Labute approximate surface area is 248 Å². The highest BCUT2D eigenvalue weighted by molar-refractivity contribution is 8.04. The summed E-state index contributed by atoms with van der Waals surface area (Å²) in [4.78, 5) is 48.5. The molecule has 1 atom stereocenters. The van der Waals surface area contributed by atoms with E-state index < -0.39 is 5.25 Å². The fourth-order valence-corrected chi connectivity index (χ4v) is 5.77. The van der Waals surface area contributed by atoms with Gasteiger partial charge in [-0.3, -0.25) is 14.4 Å². The Hall–Kier alpha value is -3.11. The van der Waals surface area contributed by atoms with Gasteiger partial charge in [-0.05, 0) is 51.8 Å². The second-order valence-corrected chi connectivity index (χ2v) is 12.0. The Morgan fingerprint density at radius 3 is 2.32 bits per heavy atom. The van der Waals surface area contributed by atoms with E-state index in [0.29, 0.717) is 44.0 Å². The zero-order valence-corrected chi connectivity index (χ0v) is 25.8. The van der Waals surface area contributed by atoms with Gasteiger partial charge in [0, 0.05) is 83.7 Å². The number of piperazine rings is 1. The van der Waals surface area contributed by atoms with Gasteiger partial charge in [0.05, 0.1) is 0 Å². The van der Waals surface area contributed by atoms with E-state index in [1.54, 1.807) is 11.9 Å². The summed E-state index contributed by atoms with van der Waals surface area (Å²) < 4.78 is 0. The highest BCUT2D eigenvalue weighted by atomic mass is 32.2. The Balaban J connectivity index is 1.56. The van der Waals surface area contributed by atoms with E-state index in [4.69, 9.17) is 0 Å². The molecule has 1 unspecified atom stereocenters.